The SMILES string of the molecule is CCC(N)=NCC1(N(C)C)CCCC1. The van der Waals surface area contributed by atoms with Crippen LogP contribution in [0.4, 0.5) is 0 Å². The zero-order chi connectivity index (χ0) is 10.6. The molecule has 1 rings (SSSR count). The molecule has 0 aliphatic heterocycles. The highest BCUT2D eigenvalue weighted by molar-refractivity contribution is 5.79. The van der Waals surface area contributed by atoms with Crippen molar-refractivity contribution in [1.82, 2.24) is 4.90 Å². The number of aliphatic imine (C=N–C) groups is 1. The van der Waals surface area contributed by atoms with Crippen LogP contribution in [0.1, 0.15) is 39.0 Å². The van der Waals surface area contributed by atoms with Gasteiger partial charge in [0.25, 0.3) is 0 Å². The molecule has 1 aliphatic carbocycles. The van der Waals surface area contributed by atoms with Gasteiger partial charge in [-0.05, 0) is 26.9 Å². The average Bonchev–Trinajstić information content (AvgIpc) is 2.64. The Labute approximate surface area is 87.4 Å². The molecule has 0 aromatic heterocycles. The summed E-state index contributed by atoms with van der Waals surface area (Å²) in [6, 6.07) is 0. The van der Waals surface area contributed by atoms with Crippen molar-refractivity contribution in [3.05, 3.63) is 0 Å². The molecule has 0 amide bonds. The Kier molecular flexibility index (Phi) is 3.93. The van der Waals surface area contributed by atoms with Gasteiger partial charge in [0.05, 0.1) is 12.4 Å². The van der Waals surface area contributed by atoms with Gasteiger partial charge in [-0.15, -0.1) is 0 Å². The van der Waals surface area contributed by atoms with Crippen molar-refractivity contribution in [2.24, 2.45) is 10.7 Å². The molecule has 0 radical (unpaired) electrons. The summed E-state index contributed by atoms with van der Waals surface area (Å²) in [5.41, 5.74) is 6.03. The van der Waals surface area contributed by atoms with Gasteiger partial charge >= 0.3 is 0 Å². The fraction of sp³-hybridized carbons (Fsp3) is 0.909. The van der Waals surface area contributed by atoms with Crippen LogP contribution >= 0.6 is 0 Å². The lowest BCUT2D eigenvalue weighted by Crippen LogP contribution is -2.44. The molecule has 0 aromatic rings. The van der Waals surface area contributed by atoms with Gasteiger partial charge in [0.2, 0.25) is 0 Å². The lowest BCUT2D eigenvalue weighted by molar-refractivity contribution is 0.167. The zero-order valence-corrected chi connectivity index (χ0v) is 9.71. The van der Waals surface area contributed by atoms with E-state index >= 15 is 0 Å². The minimum atomic E-state index is 0.291. The van der Waals surface area contributed by atoms with E-state index in [9.17, 15) is 0 Å². The number of likely N-dealkylation sites (N-methyl/N-ethyl adjacent to an activating group) is 1. The standard InChI is InChI=1S/C11H23N3/c1-4-10(12)13-9-11(14(2)3)7-5-6-8-11/h4-9H2,1-3H3,(H2,12,13). The summed E-state index contributed by atoms with van der Waals surface area (Å²) in [7, 11) is 4.31. The van der Waals surface area contributed by atoms with Crippen LogP contribution in [0.2, 0.25) is 0 Å². The second kappa shape index (κ2) is 4.78. The minimum absolute atomic E-state index is 0.291. The third-order valence-electron chi connectivity index (χ3n) is 3.42. The normalized spacial score (nSPS) is 21.9. The lowest BCUT2D eigenvalue weighted by atomic mass is 9.96. The molecule has 2 N–H and O–H groups in total. The minimum Gasteiger partial charge on any atom is -0.387 e. The molecule has 0 saturated heterocycles. The highest BCUT2D eigenvalue weighted by Crippen LogP contribution is 2.33. The quantitative estimate of drug-likeness (QED) is 0.550. The van der Waals surface area contributed by atoms with Crippen LogP contribution in [0.15, 0.2) is 4.99 Å². The maximum Gasteiger partial charge on any atom is 0.0935 e. The molecule has 0 spiro atoms. The van der Waals surface area contributed by atoms with E-state index < -0.39 is 0 Å². The van der Waals surface area contributed by atoms with Crippen molar-refractivity contribution in [2.75, 3.05) is 20.6 Å². The summed E-state index contributed by atoms with van der Waals surface area (Å²) in [6.07, 6.45) is 6.06. The Hall–Kier alpha value is -0.570. The van der Waals surface area contributed by atoms with Crippen molar-refractivity contribution in [1.29, 1.82) is 0 Å². The maximum atomic E-state index is 5.74. The van der Waals surface area contributed by atoms with Crippen LogP contribution in [-0.2, 0) is 0 Å². The number of hydrogen-bond acceptors (Lipinski definition) is 2. The zero-order valence-electron chi connectivity index (χ0n) is 9.71. The first-order valence-corrected chi connectivity index (χ1v) is 5.57. The van der Waals surface area contributed by atoms with Crippen LogP contribution in [-0.4, -0.2) is 36.9 Å². The van der Waals surface area contributed by atoms with Crippen LogP contribution in [0.5, 0.6) is 0 Å². The van der Waals surface area contributed by atoms with Crippen LogP contribution < -0.4 is 5.73 Å². The fourth-order valence-corrected chi connectivity index (χ4v) is 2.14. The summed E-state index contributed by atoms with van der Waals surface area (Å²) in [4.78, 5) is 6.80. The molecular weight excluding hydrogens is 174 g/mol. The van der Waals surface area contributed by atoms with Gasteiger partial charge < -0.3 is 10.6 Å². The number of rotatable bonds is 4. The van der Waals surface area contributed by atoms with E-state index in [1.807, 2.05) is 0 Å². The summed E-state index contributed by atoms with van der Waals surface area (Å²) in [5, 5.41) is 0. The van der Waals surface area contributed by atoms with E-state index in [2.05, 4.69) is 30.9 Å². The predicted octanol–water partition coefficient (Wildman–Crippen LogP) is 1.63. The third-order valence-corrected chi connectivity index (χ3v) is 3.42. The van der Waals surface area contributed by atoms with E-state index in [-0.39, 0.29) is 0 Å². The summed E-state index contributed by atoms with van der Waals surface area (Å²) < 4.78 is 0. The Balaban J connectivity index is 2.61. The molecule has 14 heavy (non-hydrogen) atoms. The van der Waals surface area contributed by atoms with Crippen molar-refractivity contribution in [3.8, 4) is 0 Å². The van der Waals surface area contributed by atoms with E-state index in [0.717, 1.165) is 18.8 Å². The summed E-state index contributed by atoms with van der Waals surface area (Å²) in [5.74, 6) is 0.790. The first kappa shape index (κ1) is 11.5. The van der Waals surface area contributed by atoms with Gasteiger partial charge in [-0.25, -0.2) is 0 Å². The molecule has 0 unspecified atom stereocenters. The van der Waals surface area contributed by atoms with Crippen molar-refractivity contribution >= 4 is 5.84 Å². The molecule has 82 valence electrons. The average molecular weight is 197 g/mol. The predicted molar refractivity (Wildman–Crippen MR) is 61.7 cm³/mol. The second-order valence-corrected chi connectivity index (χ2v) is 4.49. The Morgan fingerprint density at radius 3 is 2.36 bits per heavy atom. The highest BCUT2D eigenvalue weighted by Gasteiger charge is 2.35. The number of nitrogens with two attached hydrogens (primary N) is 1. The molecular formula is C11H23N3. The van der Waals surface area contributed by atoms with Crippen molar-refractivity contribution in [2.45, 2.75) is 44.6 Å². The van der Waals surface area contributed by atoms with Gasteiger partial charge in [-0.3, -0.25) is 4.99 Å². The Morgan fingerprint density at radius 1 is 1.36 bits per heavy atom. The second-order valence-electron chi connectivity index (χ2n) is 4.49. The smallest absolute Gasteiger partial charge is 0.0935 e. The van der Waals surface area contributed by atoms with Crippen LogP contribution in [0, 0.1) is 0 Å². The first-order chi connectivity index (χ1) is 6.60. The molecule has 1 fully saturated rings. The van der Waals surface area contributed by atoms with Gasteiger partial charge in [-0.1, -0.05) is 19.8 Å². The molecule has 1 aliphatic rings. The molecule has 0 atom stereocenters. The lowest BCUT2D eigenvalue weighted by Gasteiger charge is -2.34. The van der Waals surface area contributed by atoms with E-state index in [1.165, 1.54) is 25.7 Å². The molecule has 0 aromatic carbocycles. The molecule has 3 heteroatoms. The van der Waals surface area contributed by atoms with Crippen molar-refractivity contribution < 1.29 is 0 Å². The fourth-order valence-electron chi connectivity index (χ4n) is 2.14. The highest BCUT2D eigenvalue weighted by atomic mass is 15.2. The van der Waals surface area contributed by atoms with Gasteiger partial charge in [0, 0.05) is 12.0 Å². The Morgan fingerprint density at radius 2 is 1.93 bits per heavy atom. The third kappa shape index (κ3) is 2.47. The van der Waals surface area contributed by atoms with Gasteiger partial charge in [-0.2, -0.15) is 0 Å². The Bertz CT molecular complexity index is 203. The monoisotopic (exact) mass is 197 g/mol. The van der Waals surface area contributed by atoms with Gasteiger partial charge in [0.15, 0.2) is 0 Å². The molecule has 3 nitrogen and oxygen atoms in total. The van der Waals surface area contributed by atoms with Gasteiger partial charge in [0.1, 0.15) is 0 Å². The van der Waals surface area contributed by atoms with E-state index in [0.29, 0.717) is 5.54 Å². The molecule has 0 heterocycles. The van der Waals surface area contributed by atoms with E-state index in [1.54, 1.807) is 0 Å². The van der Waals surface area contributed by atoms with Crippen LogP contribution in [0.25, 0.3) is 0 Å². The maximum absolute atomic E-state index is 5.74. The largest absolute Gasteiger partial charge is 0.387 e. The topological polar surface area (TPSA) is 41.6 Å². The molecule has 0 bridgehead atoms. The van der Waals surface area contributed by atoms with Crippen LogP contribution in [0.3, 0.4) is 0 Å². The molecule has 1 saturated carbocycles. The number of amidine groups is 1. The number of hydrogen-bond donors (Lipinski definition) is 1. The van der Waals surface area contributed by atoms with E-state index in [4.69, 9.17) is 5.73 Å². The first-order valence-electron chi connectivity index (χ1n) is 5.57. The van der Waals surface area contributed by atoms with Crippen molar-refractivity contribution in [3.63, 3.8) is 0 Å². The number of nitrogens with zero attached hydrogens (tertiary/aromatic N) is 2. The summed E-state index contributed by atoms with van der Waals surface area (Å²) in [6.45, 7) is 2.93. The summed E-state index contributed by atoms with van der Waals surface area (Å²) >= 11 is 0.